The normalized spacial score (nSPS) is 12.3. The largest absolute Gasteiger partial charge is 0.480 e. The first-order chi connectivity index (χ1) is 10.7. The molecule has 0 saturated carbocycles. The predicted molar refractivity (Wildman–Crippen MR) is 93.2 cm³/mol. The standard InChI is InChI=1S/C16H23BrN2O4/c1-16(2,3)23-15(22)19-13(14(20)21)10-11-4-6-12(7-5-11)18-9-8-17/h4-7,13,18H,8-10H2,1-3H3,(H,19,22)(H,20,21)/t13-/m0/s1. The lowest BCUT2D eigenvalue weighted by atomic mass is 10.1. The minimum absolute atomic E-state index is 0.188. The number of carboxylic acids is 1. The number of benzene rings is 1. The second kappa shape index (κ2) is 8.76. The van der Waals surface area contributed by atoms with Crippen LogP contribution in [0.15, 0.2) is 24.3 Å². The van der Waals surface area contributed by atoms with Gasteiger partial charge in [-0.1, -0.05) is 28.1 Å². The van der Waals surface area contributed by atoms with Gasteiger partial charge in [0.1, 0.15) is 11.6 Å². The van der Waals surface area contributed by atoms with Crippen LogP contribution in [0.2, 0.25) is 0 Å². The summed E-state index contributed by atoms with van der Waals surface area (Å²) in [6.07, 6.45) is -0.548. The second-order valence-electron chi connectivity index (χ2n) is 6.05. The van der Waals surface area contributed by atoms with E-state index in [0.29, 0.717) is 0 Å². The summed E-state index contributed by atoms with van der Waals surface area (Å²) in [4.78, 5) is 23.1. The molecular formula is C16H23BrN2O4. The van der Waals surface area contributed by atoms with Gasteiger partial charge in [-0.25, -0.2) is 9.59 Å². The molecule has 0 aromatic heterocycles. The van der Waals surface area contributed by atoms with Crippen molar-refractivity contribution in [3.63, 3.8) is 0 Å². The molecule has 0 radical (unpaired) electrons. The molecule has 7 heteroatoms. The molecule has 0 unspecified atom stereocenters. The Labute approximate surface area is 144 Å². The molecule has 0 aliphatic heterocycles. The molecule has 0 spiro atoms. The summed E-state index contributed by atoms with van der Waals surface area (Å²) in [5, 5.41) is 15.7. The van der Waals surface area contributed by atoms with Crippen molar-refractivity contribution in [3.05, 3.63) is 29.8 Å². The van der Waals surface area contributed by atoms with E-state index in [1.54, 1.807) is 20.8 Å². The summed E-state index contributed by atoms with van der Waals surface area (Å²) < 4.78 is 5.09. The first kappa shape index (κ1) is 19.3. The van der Waals surface area contributed by atoms with E-state index in [4.69, 9.17) is 4.74 Å². The van der Waals surface area contributed by atoms with Crippen LogP contribution in [0, 0.1) is 0 Å². The number of alkyl halides is 1. The minimum atomic E-state index is -1.10. The lowest BCUT2D eigenvalue weighted by Crippen LogP contribution is -2.44. The number of amides is 1. The number of halogens is 1. The number of carbonyl (C=O) groups excluding carboxylic acids is 1. The lowest BCUT2D eigenvalue weighted by molar-refractivity contribution is -0.139. The molecule has 128 valence electrons. The van der Waals surface area contributed by atoms with E-state index >= 15 is 0 Å². The monoisotopic (exact) mass is 386 g/mol. The highest BCUT2D eigenvalue weighted by atomic mass is 79.9. The number of hydrogen-bond donors (Lipinski definition) is 3. The van der Waals surface area contributed by atoms with E-state index in [2.05, 4.69) is 26.6 Å². The Morgan fingerprint density at radius 3 is 2.35 bits per heavy atom. The quantitative estimate of drug-likeness (QED) is 0.626. The molecule has 6 nitrogen and oxygen atoms in total. The topological polar surface area (TPSA) is 87.7 Å². The molecule has 1 aromatic rings. The summed E-state index contributed by atoms with van der Waals surface area (Å²) in [6.45, 7) is 5.97. The smallest absolute Gasteiger partial charge is 0.408 e. The van der Waals surface area contributed by atoms with E-state index in [0.717, 1.165) is 23.1 Å². The molecule has 0 aliphatic carbocycles. The minimum Gasteiger partial charge on any atom is -0.480 e. The van der Waals surface area contributed by atoms with Crippen LogP contribution in [0.25, 0.3) is 0 Å². The van der Waals surface area contributed by atoms with E-state index in [1.807, 2.05) is 24.3 Å². The summed E-state index contributed by atoms with van der Waals surface area (Å²) in [7, 11) is 0. The van der Waals surface area contributed by atoms with Gasteiger partial charge in [0.05, 0.1) is 0 Å². The second-order valence-corrected chi connectivity index (χ2v) is 6.85. The summed E-state index contributed by atoms with van der Waals surface area (Å²) in [6, 6.07) is 6.40. The highest BCUT2D eigenvalue weighted by Gasteiger charge is 2.24. The zero-order chi connectivity index (χ0) is 17.5. The van der Waals surface area contributed by atoms with Crippen LogP contribution in [-0.4, -0.2) is 40.7 Å². The maximum absolute atomic E-state index is 11.7. The van der Waals surface area contributed by atoms with Crippen molar-refractivity contribution in [2.45, 2.75) is 38.8 Å². The molecule has 0 aliphatic rings. The highest BCUT2D eigenvalue weighted by Crippen LogP contribution is 2.12. The predicted octanol–water partition coefficient (Wildman–Crippen LogP) is 3.01. The number of carbonyl (C=O) groups is 2. The summed E-state index contributed by atoms with van der Waals surface area (Å²) in [5.41, 5.74) is 1.11. The van der Waals surface area contributed by atoms with E-state index in [-0.39, 0.29) is 6.42 Å². The average molecular weight is 387 g/mol. The Morgan fingerprint density at radius 2 is 1.87 bits per heavy atom. The third-order valence-corrected chi connectivity index (χ3v) is 3.20. The van der Waals surface area contributed by atoms with Crippen LogP contribution in [0.5, 0.6) is 0 Å². The van der Waals surface area contributed by atoms with Gasteiger partial charge in [-0.05, 0) is 38.5 Å². The highest BCUT2D eigenvalue weighted by molar-refractivity contribution is 9.09. The Bertz CT molecular complexity index is 526. The van der Waals surface area contributed by atoms with Crippen molar-refractivity contribution in [1.82, 2.24) is 5.32 Å². The molecule has 1 aromatic carbocycles. The van der Waals surface area contributed by atoms with Gasteiger partial charge >= 0.3 is 12.1 Å². The maximum atomic E-state index is 11.7. The molecule has 1 rings (SSSR count). The fourth-order valence-electron chi connectivity index (χ4n) is 1.84. The Kier molecular flexibility index (Phi) is 7.35. The van der Waals surface area contributed by atoms with Crippen LogP contribution in [0.3, 0.4) is 0 Å². The molecular weight excluding hydrogens is 364 g/mol. The molecule has 1 amide bonds. The number of nitrogens with one attached hydrogen (secondary N) is 2. The zero-order valence-electron chi connectivity index (χ0n) is 13.6. The van der Waals surface area contributed by atoms with Gasteiger partial charge in [0, 0.05) is 24.0 Å². The van der Waals surface area contributed by atoms with Crippen LogP contribution in [-0.2, 0) is 16.0 Å². The third-order valence-electron chi connectivity index (χ3n) is 2.81. The van der Waals surface area contributed by atoms with Crippen LogP contribution >= 0.6 is 15.9 Å². The number of anilines is 1. The van der Waals surface area contributed by atoms with Gasteiger partial charge in [0.25, 0.3) is 0 Å². The van der Waals surface area contributed by atoms with E-state index in [1.165, 1.54) is 0 Å². The van der Waals surface area contributed by atoms with Crippen molar-refractivity contribution in [2.24, 2.45) is 0 Å². The average Bonchev–Trinajstić information content (AvgIpc) is 2.43. The molecule has 0 bridgehead atoms. The third kappa shape index (κ3) is 7.88. The van der Waals surface area contributed by atoms with E-state index in [9.17, 15) is 14.7 Å². The van der Waals surface area contributed by atoms with Crippen molar-refractivity contribution in [2.75, 3.05) is 17.2 Å². The van der Waals surface area contributed by atoms with E-state index < -0.39 is 23.7 Å². The number of hydrogen-bond acceptors (Lipinski definition) is 4. The Morgan fingerprint density at radius 1 is 1.26 bits per heavy atom. The van der Waals surface area contributed by atoms with Crippen molar-refractivity contribution in [3.8, 4) is 0 Å². The summed E-state index contributed by atoms with van der Waals surface area (Å²) in [5.74, 6) is -1.10. The number of carboxylic acid groups (broad SMARTS) is 1. The molecule has 0 saturated heterocycles. The molecule has 0 heterocycles. The molecule has 1 atom stereocenters. The van der Waals surface area contributed by atoms with Gasteiger partial charge < -0.3 is 20.5 Å². The molecule has 0 fully saturated rings. The first-order valence-corrected chi connectivity index (χ1v) is 8.44. The fourth-order valence-corrected chi connectivity index (χ4v) is 2.03. The zero-order valence-corrected chi connectivity index (χ0v) is 15.1. The van der Waals surface area contributed by atoms with Gasteiger partial charge in [-0.2, -0.15) is 0 Å². The van der Waals surface area contributed by atoms with Crippen molar-refractivity contribution in [1.29, 1.82) is 0 Å². The van der Waals surface area contributed by atoms with Crippen LogP contribution < -0.4 is 10.6 Å². The SMILES string of the molecule is CC(C)(C)OC(=O)N[C@@H](Cc1ccc(NCCBr)cc1)C(=O)O. The lowest BCUT2D eigenvalue weighted by Gasteiger charge is -2.22. The first-order valence-electron chi connectivity index (χ1n) is 7.32. The van der Waals surface area contributed by atoms with Crippen LogP contribution in [0.1, 0.15) is 26.3 Å². The van der Waals surface area contributed by atoms with Gasteiger partial charge in [-0.15, -0.1) is 0 Å². The molecule has 23 heavy (non-hydrogen) atoms. The van der Waals surface area contributed by atoms with Crippen molar-refractivity contribution >= 4 is 33.7 Å². The van der Waals surface area contributed by atoms with Crippen molar-refractivity contribution < 1.29 is 19.4 Å². The number of alkyl carbamates (subject to hydrolysis) is 1. The number of rotatable bonds is 7. The number of ether oxygens (including phenoxy) is 1. The van der Waals surface area contributed by atoms with Gasteiger partial charge in [0.15, 0.2) is 0 Å². The molecule has 3 N–H and O–H groups in total. The fraction of sp³-hybridized carbons (Fsp3) is 0.500. The van der Waals surface area contributed by atoms with Crippen LogP contribution in [0.4, 0.5) is 10.5 Å². The summed E-state index contributed by atoms with van der Waals surface area (Å²) >= 11 is 3.33. The number of aliphatic carboxylic acids is 1. The van der Waals surface area contributed by atoms with Gasteiger partial charge in [0.2, 0.25) is 0 Å². The Hall–Kier alpha value is -1.76. The Balaban J connectivity index is 2.65. The van der Waals surface area contributed by atoms with Gasteiger partial charge in [-0.3, -0.25) is 0 Å². The maximum Gasteiger partial charge on any atom is 0.408 e.